The third kappa shape index (κ3) is 3.09. The molecular weight excluding hydrogens is 240 g/mol. The first kappa shape index (κ1) is 9.49. The van der Waals surface area contributed by atoms with E-state index in [9.17, 15) is 0 Å². The summed E-state index contributed by atoms with van der Waals surface area (Å²) in [7, 11) is 3.68. The zero-order chi connectivity index (χ0) is 8.10. The first-order valence-corrected chi connectivity index (χ1v) is 6.49. The van der Waals surface area contributed by atoms with Crippen LogP contribution in [0, 0.1) is 0 Å². The number of halogens is 1. The van der Waals surface area contributed by atoms with E-state index in [4.69, 9.17) is 0 Å². The van der Waals surface area contributed by atoms with Gasteiger partial charge in [-0.15, -0.1) is 0 Å². The lowest BCUT2D eigenvalue weighted by molar-refractivity contribution is 1.42. The summed E-state index contributed by atoms with van der Waals surface area (Å²) in [6.45, 7) is 2.16. The highest BCUT2D eigenvalue weighted by atomic mass is 79.9. The van der Waals surface area contributed by atoms with Crippen molar-refractivity contribution >= 4 is 37.5 Å². The van der Waals surface area contributed by atoms with Crippen LogP contribution in [0.3, 0.4) is 0 Å². The van der Waals surface area contributed by atoms with Gasteiger partial charge in [0.1, 0.15) is 0 Å². The van der Waals surface area contributed by atoms with E-state index in [1.807, 2.05) is 27.7 Å². The lowest BCUT2D eigenvalue weighted by Gasteiger charge is -2.00. The Balaban J connectivity index is 2.62. The molecule has 0 atom stereocenters. The second kappa shape index (κ2) is 5.12. The molecule has 0 spiro atoms. The Morgan fingerprint density at radius 2 is 2.09 bits per heavy atom. The van der Waals surface area contributed by atoms with Gasteiger partial charge in [0.05, 0.1) is 0 Å². The molecule has 0 aliphatic heterocycles. The fourth-order valence-corrected chi connectivity index (χ4v) is 3.18. The summed E-state index contributed by atoms with van der Waals surface area (Å²) in [5, 5.41) is 0. The summed E-state index contributed by atoms with van der Waals surface area (Å²) < 4.78 is 1.19. The summed E-state index contributed by atoms with van der Waals surface area (Å²) in [6.07, 6.45) is 0. The molecule has 0 saturated carbocycles. The Hall–Kier alpha value is 0.400. The number of benzene rings is 1. The second-order valence-electron chi connectivity index (χ2n) is 1.92. The molecule has 0 amide bonds. The fourth-order valence-electron chi connectivity index (χ4n) is 0.635. The van der Waals surface area contributed by atoms with Crippen LogP contribution in [0.4, 0.5) is 0 Å². The molecule has 0 radical (unpaired) electrons. The molecule has 60 valence electrons. The quantitative estimate of drug-likeness (QED) is 0.736. The van der Waals surface area contributed by atoms with E-state index in [0.717, 1.165) is 5.75 Å². The molecule has 0 N–H and O–H groups in total. The Morgan fingerprint density at radius 3 is 2.73 bits per heavy atom. The summed E-state index contributed by atoms with van der Waals surface area (Å²) in [5.41, 5.74) is 0. The highest BCUT2D eigenvalue weighted by Gasteiger charge is 1.96. The maximum absolute atomic E-state index is 3.49. The van der Waals surface area contributed by atoms with E-state index in [1.165, 1.54) is 9.37 Å². The van der Waals surface area contributed by atoms with Crippen LogP contribution in [0.5, 0.6) is 0 Å². The van der Waals surface area contributed by atoms with Crippen LogP contribution in [0.15, 0.2) is 33.6 Å². The van der Waals surface area contributed by atoms with E-state index in [-0.39, 0.29) is 0 Å². The van der Waals surface area contributed by atoms with Crippen LogP contribution in [0.1, 0.15) is 6.92 Å². The summed E-state index contributed by atoms with van der Waals surface area (Å²) in [6, 6.07) is 8.28. The highest BCUT2D eigenvalue weighted by molar-refractivity contribution is 9.10. The van der Waals surface area contributed by atoms with Crippen molar-refractivity contribution in [1.82, 2.24) is 0 Å². The average molecular weight is 249 g/mol. The van der Waals surface area contributed by atoms with Crippen LogP contribution in [-0.4, -0.2) is 5.75 Å². The minimum atomic E-state index is 1.14. The number of hydrogen-bond donors (Lipinski definition) is 0. The van der Waals surface area contributed by atoms with E-state index in [0.29, 0.717) is 0 Å². The minimum Gasteiger partial charge on any atom is -0.0892 e. The van der Waals surface area contributed by atoms with Gasteiger partial charge < -0.3 is 0 Å². The van der Waals surface area contributed by atoms with Crippen molar-refractivity contribution in [2.45, 2.75) is 11.8 Å². The average Bonchev–Trinajstić information content (AvgIpc) is 2.03. The van der Waals surface area contributed by atoms with Crippen molar-refractivity contribution in [1.29, 1.82) is 0 Å². The predicted octanol–water partition coefficient (Wildman–Crippen LogP) is 4.21. The van der Waals surface area contributed by atoms with Crippen LogP contribution in [0.2, 0.25) is 0 Å². The maximum Gasteiger partial charge on any atom is 0.0325 e. The van der Waals surface area contributed by atoms with Crippen molar-refractivity contribution in [3.05, 3.63) is 28.7 Å². The Morgan fingerprint density at radius 1 is 1.36 bits per heavy atom. The van der Waals surface area contributed by atoms with Gasteiger partial charge in [-0.2, -0.15) is 0 Å². The van der Waals surface area contributed by atoms with Crippen LogP contribution >= 0.6 is 37.5 Å². The van der Waals surface area contributed by atoms with Crippen molar-refractivity contribution in [3.8, 4) is 0 Å². The third-order valence-corrected chi connectivity index (χ3v) is 4.55. The summed E-state index contributed by atoms with van der Waals surface area (Å²) >= 11 is 3.49. The van der Waals surface area contributed by atoms with Crippen molar-refractivity contribution in [2.75, 3.05) is 5.75 Å². The van der Waals surface area contributed by atoms with Gasteiger partial charge in [0.25, 0.3) is 0 Å². The van der Waals surface area contributed by atoms with Gasteiger partial charge in [-0.25, -0.2) is 0 Å². The van der Waals surface area contributed by atoms with Crippen LogP contribution in [0.25, 0.3) is 0 Å². The van der Waals surface area contributed by atoms with Gasteiger partial charge in [-0.1, -0.05) is 40.6 Å². The van der Waals surface area contributed by atoms with Gasteiger partial charge in [0.15, 0.2) is 0 Å². The molecule has 3 heteroatoms. The molecule has 0 aliphatic carbocycles. The molecule has 1 aromatic rings. The maximum atomic E-state index is 3.49. The van der Waals surface area contributed by atoms with Crippen molar-refractivity contribution in [2.24, 2.45) is 0 Å². The normalized spacial score (nSPS) is 10.0. The summed E-state index contributed by atoms with van der Waals surface area (Å²) in [5.74, 6) is 1.14. The first-order chi connectivity index (χ1) is 5.34. The number of hydrogen-bond acceptors (Lipinski definition) is 2. The van der Waals surface area contributed by atoms with Gasteiger partial charge >= 0.3 is 0 Å². The van der Waals surface area contributed by atoms with Gasteiger partial charge in [0.2, 0.25) is 0 Å². The monoisotopic (exact) mass is 248 g/mol. The lowest BCUT2D eigenvalue weighted by Crippen LogP contribution is -1.70. The molecule has 0 aromatic heterocycles. The molecular formula is C8H9BrS2. The molecule has 0 aliphatic rings. The standard InChI is InChI=1S/C8H9BrS2/c1-2-10-11-8-6-4-3-5-7(8)9/h3-6H,2H2,1H3. The van der Waals surface area contributed by atoms with Crippen LogP contribution < -0.4 is 0 Å². The largest absolute Gasteiger partial charge is 0.0892 e. The van der Waals surface area contributed by atoms with Gasteiger partial charge in [-0.05, 0) is 28.1 Å². The SMILES string of the molecule is CCSSc1ccccc1Br. The lowest BCUT2D eigenvalue weighted by atomic mass is 10.4. The van der Waals surface area contributed by atoms with E-state index in [1.54, 1.807) is 0 Å². The Bertz CT molecular complexity index is 225. The topological polar surface area (TPSA) is 0 Å². The van der Waals surface area contributed by atoms with E-state index < -0.39 is 0 Å². The fraction of sp³-hybridized carbons (Fsp3) is 0.250. The Labute approximate surface area is 83.7 Å². The molecule has 1 rings (SSSR count). The highest BCUT2D eigenvalue weighted by Crippen LogP contribution is 2.35. The Kier molecular flexibility index (Phi) is 4.41. The molecule has 0 saturated heterocycles. The molecule has 0 unspecified atom stereocenters. The summed E-state index contributed by atoms with van der Waals surface area (Å²) in [4.78, 5) is 1.30. The second-order valence-corrected chi connectivity index (χ2v) is 5.40. The van der Waals surface area contributed by atoms with Gasteiger partial charge in [-0.3, -0.25) is 0 Å². The van der Waals surface area contributed by atoms with Gasteiger partial charge in [0, 0.05) is 15.1 Å². The zero-order valence-corrected chi connectivity index (χ0v) is 9.43. The molecule has 0 fully saturated rings. The number of rotatable bonds is 3. The zero-order valence-electron chi connectivity index (χ0n) is 6.21. The first-order valence-electron chi connectivity index (χ1n) is 3.38. The molecule has 11 heavy (non-hydrogen) atoms. The third-order valence-electron chi connectivity index (χ3n) is 1.10. The molecule has 0 nitrogen and oxygen atoms in total. The van der Waals surface area contributed by atoms with Crippen molar-refractivity contribution in [3.63, 3.8) is 0 Å². The molecule has 0 bridgehead atoms. The van der Waals surface area contributed by atoms with Crippen molar-refractivity contribution < 1.29 is 0 Å². The smallest absolute Gasteiger partial charge is 0.0325 e. The van der Waals surface area contributed by atoms with Crippen LogP contribution in [-0.2, 0) is 0 Å². The van der Waals surface area contributed by atoms with E-state index in [2.05, 4.69) is 41.1 Å². The minimum absolute atomic E-state index is 1.14. The predicted molar refractivity (Wildman–Crippen MR) is 58.1 cm³/mol. The molecule has 0 heterocycles. The van der Waals surface area contributed by atoms with E-state index >= 15 is 0 Å². The molecule has 1 aromatic carbocycles.